The number of hydrogen-bond donors (Lipinski definition) is 1. The van der Waals surface area contributed by atoms with Crippen molar-refractivity contribution in [3.8, 4) is 0 Å². The van der Waals surface area contributed by atoms with E-state index >= 15 is 0 Å². The van der Waals surface area contributed by atoms with Gasteiger partial charge in [0.2, 0.25) is 0 Å². The number of esters is 1. The Morgan fingerprint density at radius 3 is 2.90 bits per heavy atom. The molecule has 0 saturated carbocycles. The third-order valence-electron chi connectivity index (χ3n) is 3.19. The van der Waals surface area contributed by atoms with Gasteiger partial charge >= 0.3 is 5.97 Å². The Balaban J connectivity index is 2.14. The second-order valence-corrected chi connectivity index (χ2v) is 5.07. The lowest BCUT2D eigenvalue weighted by atomic mass is 10.2. The van der Waals surface area contributed by atoms with Crippen molar-refractivity contribution in [1.82, 2.24) is 9.78 Å². The van der Waals surface area contributed by atoms with Gasteiger partial charge in [-0.1, -0.05) is 17.7 Å². The Morgan fingerprint density at radius 2 is 2.24 bits per heavy atom. The van der Waals surface area contributed by atoms with E-state index in [1.807, 2.05) is 25.1 Å². The van der Waals surface area contributed by atoms with E-state index in [1.165, 1.54) is 6.20 Å². The summed E-state index contributed by atoms with van der Waals surface area (Å²) >= 11 is 6.10. The van der Waals surface area contributed by atoms with Crippen LogP contribution in [0.4, 0.5) is 5.69 Å². The van der Waals surface area contributed by atoms with E-state index in [0.29, 0.717) is 23.7 Å². The van der Waals surface area contributed by atoms with E-state index in [0.717, 1.165) is 16.9 Å². The fraction of sp³-hybridized carbons (Fsp3) is 0.333. The maximum atomic E-state index is 11.9. The highest BCUT2D eigenvalue weighted by molar-refractivity contribution is 6.31. The van der Waals surface area contributed by atoms with Crippen LogP contribution in [0.3, 0.4) is 0 Å². The van der Waals surface area contributed by atoms with Gasteiger partial charge in [-0.2, -0.15) is 5.10 Å². The number of rotatable bonds is 5. The number of carbonyl (C=O) groups excluding carboxylic acids is 1. The van der Waals surface area contributed by atoms with Crippen LogP contribution in [0.1, 0.15) is 28.5 Å². The van der Waals surface area contributed by atoms with E-state index in [2.05, 4.69) is 10.4 Å². The number of nitrogens with one attached hydrogen (secondary N) is 1. The highest BCUT2D eigenvalue weighted by atomic mass is 35.5. The Hall–Kier alpha value is -2.01. The van der Waals surface area contributed by atoms with E-state index in [1.54, 1.807) is 18.7 Å². The summed E-state index contributed by atoms with van der Waals surface area (Å²) < 4.78 is 6.69. The molecule has 21 heavy (non-hydrogen) atoms. The maximum Gasteiger partial charge on any atom is 0.341 e. The number of anilines is 1. The van der Waals surface area contributed by atoms with Crippen molar-refractivity contribution < 1.29 is 9.53 Å². The molecule has 2 aromatic rings. The molecule has 6 heteroatoms. The first-order chi connectivity index (χ1) is 10.0. The molecule has 1 aromatic heterocycles. The van der Waals surface area contributed by atoms with Crippen LogP contribution in [0.2, 0.25) is 5.02 Å². The molecule has 0 saturated heterocycles. The van der Waals surface area contributed by atoms with Crippen LogP contribution >= 0.6 is 11.6 Å². The average molecular weight is 308 g/mol. The Labute approximate surface area is 128 Å². The normalized spacial score (nSPS) is 10.5. The molecule has 112 valence electrons. The smallest absolute Gasteiger partial charge is 0.341 e. The first-order valence-electron chi connectivity index (χ1n) is 6.71. The van der Waals surface area contributed by atoms with Gasteiger partial charge in [-0.05, 0) is 31.5 Å². The molecule has 1 aromatic carbocycles. The topological polar surface area (TPSA) is 56.1 Å². The molecule has 0 amide bonds. The van der Waals surface area contributed by atoms with Gasteiger partial charge in [-0.15, -0.1) is 0 Å². The zero-order valence-electron chi connectivity index (χ0n) is 12.3. The number of halogens is 1. The van der Waals surface area contributed by atoms with Crippen molar-refractivity contribution >= 4 is 23.3 Å². The van der Waals surface area contributed by atoms with Gasteiger partial charge < -0.3 is 10.1 Å². The van der Waals surface area contributed by atoms with Crippen molar-refractivity contribution in [2.75, 3.05) is 11.9 Å². The molecule has 0 radical (unpaired) electrons. The summed E-state index contributed by atoms with van der Waals surface area (Å²) in [7, 11) is 1.79. The largest absolute Gasteiger partial charge is 0.462 e. The predicted octanol–water partition coefficient (Wildman–Crippen LogP) is 3.17. The van der Waals surface area contributed by atoms with Crippen LogP contribution in [-0.4, -0.2) is 22.4 Å². The lowest BCUT2D eigenvalue weighted by Gasteiger charge is -2.10. The zero-order valence-corrected chi connectivity index (χ0v) is 13.1. The molecular formula is C15H18ClN3O2. The predicted molar refractivity (Wildman–Crippen MR) is 82.7 cm³/mol. The molecule has 2 rings (SSSR count). The van der Waals surface area contributed by atoms with Crippen molar-refractivity contribution in [2.45, 2.75) is 20.4 Å². The van der Waals surface area contributed by atoms with Gasteiger partial charge in [0, 0.05) is 17.8 Å². The van der Waals surface area contributed by atoms with Gasteiger partial charge in [-0.25, -0.2) is 4.79 Å². The van der Waals surface area contributed by atoms with Crippen LogP contribution in [-0.2, 0) is 18.3 Å². The van der Waals surface area contributed by atoms with Crippen LogP contribution in [0.25, 0.3) is 0 Å². The molecule has 1 heterocycles. The fourth-order valence-corrected chi connectivity index (χ4v) is 2.12. The molecule has 0 aliphatic heterocycles. The summed E-state index contributed by atoms with van der Waals surface area (Å²) in [4.78, 5) is 11.9. The summed E-state index contributed by atoms with van der Waals surface area (Å²) in [6.07, 6.45) is 1.52. The van der Waals surface area contributed by atoms with Gasteiger partial charge in [0.1, 0.15) is 5.56 Å². The highest BCUT2D eigenvalue weighted by Crippen LogP contribution is 2.21. The Bertz CT molecular complexity index is 652. The van der Waals surface area contributed by atoms with Gasteiger partial charge in [0.25, 0.3) is 0 Å². The molecule has 1 N–H and O–H groups in total. The van der Waals surface area contributed by atoms with Gasteiger partial charge in [-0.3, -0.25) is 4.68 Å². The maximum absolute atomic E-state index is 11.9. The summed E-state index contributed by atoms with van der Waals surface area (Å²) in [5, 5.41) is 8.06. The van der Waals surface area contributed by atoms with Gasteiger partial charge in [0.15, 0.2) is 0 Å². The number of carbonyl (C=O) groups is 1. The van der Waals surface area contributed by atoms with E-state index < -0.39 is 0 Å². The molecule has 0 bridgehead atoms. The quantitative estimate of drug-likeness (QED) is 0.862. The fourth-order valence-electron chi connectivity index (χ4n) is 1.94. The van der Waals surface area contributed by atoms with E-state index in [4.69, 9.17) is 16.3 Å². The molecule has 0 atom stereocenters. The number of ether oxygens (including phenoxy) is 1. The molecule has 0 aliphatic rings. The first-order valence-corrected chi connectivity index (χ1v) is 7.08. The monoisotopic (exact) mass is 307 g/mol. The van der Waals surface area contributed by atoms with Crippen LogP contribution in [0.5, 0.6) is 0 Å². The molecule has 0 aliphatic carbocycles. The summed E-state index contributed by atoms with van der Waals surface area (Å²) in [6.45, 7) is 4.53. The van der Waals surface area contributed by atoms with Crippen LogP contribution < -0.4 is 5.32 Å². The average Bonchev–Trinajstić information content (AvgIpc) is 2.82. The zero-order chi connectivity index (χ0) is 15.4. The van der Waals surface area contributed by atoms with Gasteiger partial charge in [0.05, 0.1) is 25.0 Å². The summed E-state index contributed by atoms with van der Waals surface area (Å²) in [5.41, 5.74) is 3.16. The van der Waals surface area contributed by atoms with Crippen LogP contribution in [0.15, 0.2) is 24.4 Å². The van der Waals surface area contributed by atoms with Crippen molar-refractivity contribution in [1.29, 1.82) is 0 Å². The minimum Gasteiger partial charge on any atom is -0.462 e. The molecule has 5 nitrogen and oxygen atoms in total. The SMILES string of the molecule is CCOC(=O)c1cnn(C)c1CNc1ccc(C)c(Cl)c1. The standard InChI is InChI=1S/C15H18ClN3O2/c1-4-21-15(20)12-8-18-19(3)14(12)9-17-11-6-5-10(2)13(16)7-11/h5-8,17H,4,9H2,1-3H3. The molecule has 0 fully saturated rings. The van der Waals surface area contributed by atoms with Crippen molar-refractivity contribution in [2.24, 2.45) is 7.05 Å². The summed E-state index contributed by atoms with van der Waals surface area (Å²) in [5.74, 6) is -0.357. The second-order valence-electron chi connectivity index (χ2n) is 4.67. The van der Waals surface area contributed by atoms with E-state index in [-0.39, 0.29) is 5.97 Å². The van der Waals surface area contributed by atoms with Crippen molar-refractivity contribution in [3.63, 3.8) is 0 Å². The van der Waals surface area contributed by atoms with E-state index in [9.17, 15) is 4.79 Å². The highest BCUT2D eigenvalue weighted by Gasteiger charge is 2.16. The molecular weight excluding hydrogens is 290 g/mol. The number of aromatic nitrogens is 2. The second kappa shape index (κ2) is 6.63. The lowest BCUT2D eigenvalue weighted by Crippen LogP contribution is -2.12. The third-order valence-corrected chi connectivity index (χ3v) is 3.60. The lowest BCUT2D eigenvalue weighted by molar-refractivity contribution is 0.0525. The first kappa shape index (κ1) is 15.4. The minimum atomic E-state index is -0.357. The summed E-state index contributed by atoms with van der Waals surface area (Å²) in [6, 6.07) is 5.75. The molecule has 0 spiro atoms. The number of nitrogens with zero attached hydrogens (tertiary/aromatic N) is 2. The minimum absolute atomic E-state index is 0.341. The number of hydrogen-bond acceptors (Lipinski definition) is 4. The third kappa shape index (κ3) is 3.55. The Morgan fingerprint density at radius 1 is 1.48 bits per heavy atom. The Kier molecular flexibility index (Phi) is 4.85. The molecule has 0 unspecified atom stereocenters. The number of aryl methyl sites for hydroxylation is 2. The van der Waals surface area contributed by atoms with Crippen LogP contribution in [0, 0.1) is 6.92 Å². The number of benzene rings is 1. The van der Waals surface area contributed by atoms with Crippen molar-refractivity contribution in [3.05, 3.63) is 46.2 Å².